The van der Waals surface area contributed by atoms with Crippen LogP contribution in [0.15, 0.2) is 4.79 Å². The molecule has 0 radical (unpaired) electrons. The van der Waals surface area contributed by atoms with Crippen molar-refractivity contribution in [1.82, 2.24) is 20.1 Å². The number of nitrogens with zero attached hydrogens (tertiary/aromatic N) is 2. The highest BCUT2D eigenvalue weighted by Crippen LogP contribution is 2.23. The van der Waals surface area contributed by atoms with Crippen molar-refractivity contribution in [1.29, 1.82) is 0 Å². The molecule has 5 nitrogen and oxygen atoms in total. The van der Waals surface area contributed by atoms with Gasteiger partial charge in [0.05, 0.1) is 0 Å². The molecule has 1 aliphatic rings. The fourth-order valence-corrected chi connectivity index (χ4v) is 2.08. The zero-order valence-corrected chi connectivity index (χ0v) is 8.58. The predicted molar refractivity (Wildman–Crippen MR) is 53.2 cm³/mol. The van der Waals surface area contributed by atoms with E-state index in [1.54, 1.807) is 11.6 Å². The first-order chi connectivity index (χ1) is 6.68. The fourth-order valence-electron chi connectivity index (χ4n) is 2.08. The van der Waals surface area contributed by atoms with Gasteiger partial charge in [-0.05, 0) is 18.9 Å². The van der Waals surface area contributed by atoms with Crippen LogP contribution in [0.3, 0.4) is 0 Å². The Morgan fingerprint density at radius 2 is 2.29 bits per heavy atom. The molecule has 0 bridgehead atoms. The Labute approximate surface area is 82.5 Å². The Morgan fingerprint density at radius 1 is 1.50 bits per heavy atom. The molecule has 1 saturated heterocycles. The average Bonchev–Trinajstić information content (AvgIpc) is 2.48. The zero-order chi connectivity index (χ0) is 10.1. The minimum Gasteiger partial charge on any atom is -0.316 e. The summed E-state index contributed by atoms with van der Waals surface area (Å²) < 4.78 is 1.60. The molecule has 0 amide bonds. The van der Waals surface area contributed by atoms with Gasteiger partial charge >= 0.3 is 5.69 Å². The Hall–Kier alpha value is -1.10. The van der Waals surface area contributed by atoms with Gasteiger partial charge in [0.25, 0.3) is 0 Å². The summed E-state index contributed by atoms with van der Waals surface area (Å²) >= 11 is 0. The van der Waals surface area contributed by atoms with E-state index in [1.165, 1.54) is 0 Å². The highest BCUT2D eigenvalue weighted by Gasteiger charge is 2.23. The summed E-state index contributed by atoms with van der Waals surface area (Å²) in [7, 11) is 1.76. The molecule has 14 heavy (non-hydrogen) atoms. The van der Waals surface area contributed by atoms with Gasteiger partial charge in [0.2, 0.25) is 0 Å². The molecular weight excluding hydrogens is 180 g/mol. The number of hydrogen-bond acceptors (Lipinski definition) is 3. The van der Waals surface area contributed by atoms with Gasteiger partial charge in [0, 0.05) is 19.5 Å². The molecule has 0 aliphatic carbocycles. The van der Waals surface area contributed by atoms with E-state index in [1.807, 2.05) is 0 Å². The second-order valence-electron chi connectivity index (χ2n) is 4.14. The number of H-pyrrole nitrogens is 1. The number of hydrogen-bond donors (Lipinski definition) is 2. The Kier molecular flexibility index (Phi) is 2.41. The van der Waals surface area contributed by atoms with Crippen molar-refractivity contribution in [2.45, 2.75) is 19.3 Å². The maximum absolute atomic E-state index is 11.2. The molecule has 0 spiro atoms. The first-order valence-electron chi connectivity index (χ1n) is 5.00. The van der Waals surface area contributed by atoms with Crippen LogP contribution in [0, 0.1) is 5.92 Å². The molecule has 78 valence electrons. The third-order valence-electron chi connectivity index (χ3n) is 2.85. The summed E-state index contributed by atoms with van der Waals surface area (Å²) in [4.78, 5) is 11.2. The van der Waals surface area contributed by atoms with Crippen molar-refractivity contribution in [3.63, 3.8) is 0 Å². The highest BCUT2D eigenvalue weighted by atomic mass is 16.1. The standard InChI is InChI=1S/C9H16N4O/c1-6-3-7(5-10-4-6)8-11-12-9(14)13(8)2/h6-7,10H,3-5H2,1-2H3,(H,12,14)/t6-,7-/m0/s1. The van der Waals surface area contributed by atoms with E-state index >= 15 is 0 Å². The summed E-state index contributed by atoms with van der Waals surface area (Å²) in [5, 5.41) is 9.89. The van der Waals surface area contributed by atoms with Gasteiger partial charge in [-0.15, -0.1) is 0 Å². The fraction of sp³-hybridized carbons (Fsp3) is 0.778. The molecule has 2 heterocycles. The minimum atomic E-state index is -0.127. The Balaban J connectivity index is 2.22. The molecule has 1 aliphatic heterocycles. The van der Waals surface area contributed by atoms with Gasteiger partial charge in [-0.3, -0.25) is 4.57 Å². The molecule has 1 aromatic heterocycles. The van der Waals surface area contributed by atoms with Crippen molar-refractivity contribution in [2.75, 3.05) is 13.1 Å². The van der Waals surface area contributed by atoms with Crippen LogP contribution in [-0.2, 0) is 7.05 Å². The van der Waals surface area contributed by atoms with Crippen molar-refractivity contribution in [3.8, 4) is 0 Å². The number of piperidine rings is 1. The van der Waals surface area contributed by atoms with Crippen molar-refractivity contribution in [2.24, 2.45) is 13.0 Å². The van der Waals surface area contributed by atoms with E-state index in [0.717, 1.165) is 25.3 Å². The topological polar surface area (TPSA) is 62.7 Å². The maximum atomic E-state index is 11.2. The van der Waals surface area contributed by atoms with E-state index in [4.69, 9.17) is 0 Å². The van der Waals surface area contributed by atoms with Crippen molar-refractivity contribution < 1.29 is 0 Å². The lowest BCUT2D eigenvalue weighted by Crippen LogP contribution is -2.35. The van der Waals surface area contributed by atoms with Crippen LogP contribution >= 0.6 is 0 Å². The lowest BCUT2D eigenvalue weighted by Gasteiger charge is -2.26. The molecule has 2 N–H and O–H groups in total. The number of aromatic nitrogens is 3. The number of rotatable bonds is 1. The Morgan fingerprint density at radius 3 is 2.86 bits per heavy atom. The molecule has 0 unspecified atom stereocenters. The Bertz CT molecular complexity index is 367. The second kappa shape index (κ2) is 3.57. The normalized spacial score (nSPS) is 27.9. The molecule has 1 aromatic rings. The van der Waals surface area contributed by atoms with Crippen LogP contribution in [0.4, 0.5) is 0 Å². The van der Waals surface area contributed by atoms with Gasteiger partial charge in [0.1, 0.15) is 5.82 Å². The molecule has 2 atom stereocenters. The minimum absolute atomic E-state index is 0.127. The molecule has 5 heteroatoms. The molecule has 2 rings (SSSR count). The van der Waals surface area contributed by atoms with E-state index in [0.29, 0.717) is 11.8 Å². The van der Waals surface area contributed by atoms with E-state index < -0.39 is 0 Å². The molecular formula is C9H16N4O. The van der Waals surface area contributed by atoms with Gasteiger partial charge in [-0.25, -0.2) is 9.89 Å². The van der Waals surface area contributed by atoms with Gasteiger partial charge < -0.3 is 5.32 Å². The molecule has 0 saturated carbocycles. The highest BCUT2D eigenvalue weighted by molar-refractivity contribution is 4.99. The van der Waals surface area contributed by atoms with E-state index in [-0.39, 0.29) is 5.69 Å². The summed E-state index contributed by atoms with van der Waals surface area (Å²) in [6, 6.07) is 0. The van der Waals surface area contributed by atoms with Gasteiger partial charge in [-0.2, -0.15) is 5.10 Å². The smallest absolute Gasteiger partial charge is 0.316 e. The van der Waals surface area contributed by atoms with Crippen LogP contribution in [0.25, 0.3) is 0 Å². The predicted octanol–water partition coefficient (Wildman–Crippen LogP) is -0.179. The van der Waals surface area contributed by atoms with Gasteiger partial charge in [-0.1, -0.05) is 6.92 Å². The monoisotopic (exact) mass is 196 g/mol. The number of aromatic amines is 1. The van der Waals surface area contributed by atoms with Crippen molar-refractivity contribution in [3.05, 3.63) is 16.3 Å². The maximum Gasteiger partial charge on any atom is 0.343 e. The largest absolute Gasteiger partial charge is 0.343 e. The first-order valence-corrected chi connectivity index (χ1v) is 5.00. The third-order valence-corrected chi connectivity index (χ3v) is 2.85. The average molecular weight is 196 g/mol. The number of nitrogens with one attached hydrogen (secondary N) is 2. The van der Waals surface area contributed by atoms with Crippen molar-refractivity contribution >= 4 is 0 Å². The lowest BCUT2D eigenvalue weighted by molar-refractivity contribution is 0.350. The summed E-state index contributed by atoms with van der Waals surface area (Å²) in [5.74, 6) is 1.89. The van der Waals surface area contributed by atoms with Crippen LogP contribution in [0.5, 0.6) is 0 Å². The quantitative estimate of drug-likeness (QED) is 0.655. The van der Waals surface area contributed by atoms with Crippen LogP contribution < -0.4 is 11.0 Å². The van der Waals surface area contributed by atoms with Crippen LogP contribution in [0.1, 0.15) is 25.1 Å². The molecule has 1 fully saturated rings. The second-order valence-corrected chi connectivity index (χ2v) is 4.14. The first kappa shape index (κ1) is 9.45. The van der Waals surface area contributed by atoms with E-state index in [2.05, 4.69) is 22.4 Å². The molecule has 0 aromatic carbocycles. The summed E-state index contributed by atoms with van der Waals surface area (Å²) in [6.07, 6.45) is 1.10. The zero-order valence-electron chi connectivity index (χ0n) is 8.58. The summed E-state index contributed by atoms with van der Waals surface area (Å²) in [6.45, 7) is 4.20. The van der Waals surface area contributed by atoms with Crippen LogP contribution in [0.2, 0.25) is 0 Å². The van der Waals surface area contributed by atoms with E-state index in [9.17, 15) is 4.79 Å². The SMILES string of the molecule is C[C@@H]1CNC[C@@H](c2n[nH]c(=O)n2C)C1. The third kappa shape index (κ3) is 1.59. The van der Waals surface area contributed by atoms with Crippen LogP contribution in [-0.4, -0.2) is 27.9 Å². The lowest BCUT2D eigenvalue weighted by atomic mass is 9.91. The van der Waals surface area contributed by atoms with Gasteiger partial charge in [0.15, 0.2) is 0 Å². The summed E-state index contributed by atoms with van der Waals surface area (Å²) in [5.41, 5.74) is -0.127.